The average molecular weight is 271 g/mol. The Morgan fingerprint density at radius 1 is 1.20 bits per heavy atom. The molecule has 0 heterocycles. The second kappa shape index (κ2) is 5.63. The maximum atomic E-state index is 13.3. The summed E-state index contributed by atoms with van der Waals surface area (Å²) in [6.07, 6.45) is 0.860. The molecule has 0 saturated carbocycles. The van der Waals surface area contributed by atoms with Crippen molar-refractivity contribution < 1.29 is 9.13 Å². The van der Waals surface area contributed by atoms with Crippen molar-refractivity contribution in [3.63, 3.8) is 0 Å². The van der Waals surface area contributed by atoms with Crippen LogP contribution in [-0.4, -0.2) is 12.6 Å². The lowest BCUT2D eigenvalue weighted by molar-refractivity contribution is 0.167. The lowest BCUT2D eigenvalue weighted by atomic mass is 10.1. The summed E-state index contributed by atoms with van der Waals surface area (Å²) in [6, 6.07) is 14.9. The molecule has 0 amide bonds. The Balaban J connectivity index is 1.83. The quantitative estimate of drug-likeness (QED) is 0.919. The second-order valence-electron chi connectivity index (χ2n) is 5.05. The molecule has 20 heavy (non-hydrogen) atoms. The topological polar surface area (TPSA) is 21.3 Å². The molecule has 0 saturated heterocycles. The van der Waals surface area contributed by atoms with Gasteiger partial charge in [0.15, 0.2) is 0 Å². The van der Waals surface area contributed by atoms with Gasteiger partial charge in [0.1, 0.15) is 17.7 Å². The van der Waals surface area contributed by atoms with Gasteiger partial charge in [-0.05, 0) is 29.8 Å². The summed E-state index contributed by atoms with van der Waals surface area (Å²) >= 11 is 0. The van der Waals surface area contributed by atoms with E-state index in [9.17, 15) is 4.39 Å². The third-order valence-electron chi connectivity index (χ3n) is 3.69. The van der Waals surface area contributed by atoms with Crippen LogP contribution in [0.25, 0.3) is 0 Å². The van der Waals surface area contributed by atoms with E-state index in [2.05, 4.69) is 24.4 Å². The number of ether oxygens (including phenoxy) is 1. The summed E-state index contributed by atoms with van der Waals surface area (Å²) in [5.74, 6) is 0.323. The maximum Gasteiger partial charge on any atom is 0.126 e. The molecule has 2 atom stereocenters. The monoisotopic (exact) mass is 271 g/mol. The minimum absolute atomic E-state index is 0.00847. The van der Waals surface area contributed by atoms with Crippen LogP contribution in [0.3, 0.4) is 0 Å². The van der Waals surface area contributed by atoms with Gasteiger partial charge in [-0.2, -0.15) is 0 Å². The van der Waals surface area contributed by atoms with Gasteiger partial charge in [-0.3, -0.25) is 0 Å². The van der Waals surface area contributed by atoms with Crippen LogP contribution < -0.4 is 10.1 Å². The van der Waals surface area contributed by atoms with E-state index in [0.717, 1.165) is 13.0 Å². The number of likely N-dealkylation sites (N-methyl/N-ethyl adjacent to an activating group) is 1. The highest BCUT2D eigenvalue weighted by molar-refractivity contribution is 5.37. The first-order valence-corrected chi connectivity index (χ1v) is 7.01. The fourth-order valence-electron chi connectivity index (χ4n) is 2.84. The van der Waals surface area contributed by atoms with Gasteiger partial charge < -0.3 is 10.1 Å². The molecule has 1 N–H and O–H groups in total. The molecule has 0 fully saturated rings. The number of nitrogens with one attached hydrogen (secondary N) is 1. The van der Waals surface area contributed by atoms with Crippen LogP contribution in [0.2, 0.25) is 0 Å². The summed E-state index contributed by atoms with van der Waals surface area (Å²) < 4.78 is 19.3. The average Bonchev–Trinajstić information content (AvgIpc) is 2.77. The first kappa shape index (κ1) is 13.1. The minimum atomic E-state index is -0.266. The zero-order valence-electron chi connectivity index (χ0n) is 11.5. The molecular weight excluding hydrogens is 253 g/mol. The zero-order valence-corrected chi connectivity index (χ0v) is 11.5. The van der Waals surface area contributed by atoms with Gasteiger partial charge in [-0.1, -0.05) is 37.3 Å². The smallest absolute Gasteiger partial charge is 0.126 e. The van der Waals surface area contributed by atoms with E-state index in [1.54, 1.807) is 12.1 Å². The number of halogens is 1. The highest BCUT2D eigenvalue weighted by atomic mass is 19.1. The van der Waals surface area contributed by atoms with E-state index < -0.39 is 0 Å². The highest BCUT2D eigenvalue weighted by Crippen LogP contribution is 2.34. The van der Waals surface area contributed by atoms with E-state index in [1.165, 1.54) is 23.3 Å². The summed E-state index contributed by atoms with van der Waals surface area (Å²) in [7, 11) is 0. The molecule has 0 spiro atoms. The van der Waals surface area contributed by atoms with Gasteiger partial charge in [0, 0.05) is 12.5 Å². The van der Waals surface area contributed by atoms with Crippen molar-refractivity contribution in [2.45, 2.75) is 25.5 Å². The fraction of sp³-hybridized carbons (Fsp3) is 0.294. The Morgan fingerprint density at radius 3 is 2.85 bits per heavy atom. The van der Waals surface area contributed by atoms with Crippen LogP contribution in [0.4, 0.5) is 4.39 Å². The number of fused-ring (bicyclic) bond motifs is 1. The maximum absolute atomic E-state index is 13.3. The van der Waals surface area contributed by atoms with Crippen molar-refractivity contribution in [2.75, 3.05) is 6.54 Å². The van der Waals surface area contributed by atoms with E-state index in [-0.39, 0.29) is 18.0 Å². The first-order chi connectivity index (χ1) is 9.78. The van der Waals surface area contributed by atoms with Crippen molar-refractivity contribution in [1.82, 2.24) is 5.32 Å². The van der Waals surface area contributed by atoms with Gasteiger partial charge in [0.2, 0.25) is 0 Å². The molecule has 3 rings (SSSR count). The number of benzene rings is 2. The molecule has 0 bridgehead atoms. The molecule has 0 radical (unpaired) electrons. The Bertz CT molecular complexity index is 599. The number of hydrogen-bond acceptors (Lipinski definition) is 2. The molecule has 0 aliphatic heterocycles. The first-order valence-electron chi connectivity index (χ1n) is 7.01. The molecule has 0 aromatic heterocycles. The molecule has 2 aromatic rings. The van der Waals surface area contributed by atoms with Gasteiger partial charge in [0.05, 0.1) is 6.04 Å². The Labute approximate surface area is 118 Å². The van der Waals surface area contributed by atoms with Crippen molar-refractivity contribution in [3.05, 3.63) is 65.5 Å². The summed E-state index contributed by atoms with van der Waals surface area (Å²) in [5.41, 5.74) is 2.59. The largest absolute Gasteiger partial charge is 0.488 e. The van der Waals surface area contributed by atoms with Crippen molar-refractivity contribution in [1.29, 1.82) is 0 Å². The lowest BCUT2D eigenvalue weighted by Crippen LogP contribution is -2.32. The number of hydrogen-bond donors (Lipinski definition) is 1. The van der Waals surface area contributed by atoms with E-state index in [1.807, 2.05) is 12.1 Å². The van der Waals surface area contributed by atoms with E-state index in [4.69, 9.17) is 4.74 Å². The van der Waals surface area contributed by atoms with Crippen molar-refractivity contribution in [3.8, 4) is 5.75 Å². The number of rotatable bonds is 4. The minimum Gasteiger partial charge on any atom is -0.488 e. The molecule has 2 aromatic carbocycles. The fourth-order valence-corrected chi connectivity index (χ4v) is 2.84. The van der Waals surface area contributed by atoms with E-state index >= 15 is 0 Å². The van der Waals surface area contributed by atoms with Crippen LogP contribution in [0.15, 0.2) is 48.5 Å². The highest BCUT2D eigenvalue weighted by Gasteiger charge is 2.33. The van der Waals surface area contributed by atoms with Crippen LogP contribution in [0.5, 0.6) is 5.75 Å². The predicted octanol–water partition coefficient (Wildman–Crippen LogP) is 3.48. The van der Waals surface area contributed by atoms with Crippen LogP contribution >= 0.6 is 0 Å². The summed E-state index contributed by atoms with van der Waals surface area (Å²) in [4.78, 5) is 0. The van der Waals surface area contributed by atoms with Gasteiger partial charge in [-0.15, -0.1) is 0 Å². The Morgan fingerprint density at radius 2 is 2.05 bits per heavy atom. The van der Waals surface area contributed by atoms with Crippen molar-refractivity contribution in [2.24, 2.45) is 0 Å². The van der Waals surface area contributed by atoms with Crippen LogP contribution in [-0.2, 0) is 6.42 Å². The normalized spacial score (nSPS) is 20.7. The zero-order chi connectivity index (χ0) is 13.9. The SMILES string of the molecule is CCNC1c2ccccc2CC1Oc1cccc(F)c1. The Kier molecular flexibility index (Phi) is 3.70. The van der Waals surface area contributed by atoms with Gasteiger partial charge >= 0.3 is 0 Å². The van der Waals surface area contributed by atoms with Crippen LogP contribution in [0.1, 0.15) is 24.1 Å². The molecular formula is C17H18FNO. The molecule has 1 aliphatic carbocycles. The van der Waals surface area contributed by atoms with Gasteiger partial charge in [0.25, 0.3) is 0 Å². The molecule has 1 aliphatic rings. The molecule has 2 nitrogen and oxygen atoms in total. The molecule has 2 unspecified atom stereocenters. The summed E-state index contributed by atoms with van der Waals surface area (Å²) in [6.45, 7) is 2.96. The van der Waals surface area contributed by atoms with Crippen molar-refractivity contribution >= 4 is 0 Å². The summed E-state index contributed by atoms with van der Waals surface area (Å²) in [5, 5.41) is 3.47. The molecule has 104 valence electrons. The Hall–Kier alpha value is -1.87. The molecule has 3 heteroatoms. The van der Waals surface area contributed by atoms with E-state index in [0.29, 0.717) is 5.75 Å². The van der Waals surface area contributed by atoms with Crippen LogP contribution in [0, 0.1) is 5.82 Å². The third-order valence-corrected chi connectivity index (χ3v) is 3.69. The second-order valence-corrected chi connectivity index (χ2v) is 5.05. The predicted molar refractivity (Wildman–Crippen MR) is 77.4 cm³/mol. The lowest BCUT2D eigenvalue weighted by Gasteiger charge is -2.22. The standard InChI is InChI=1S/C17H18FNO/c1-2-19-17-15-9-4-3-6-12(15)10-16(17)20-14-8-5-7-13(18)11-14/h3-9,11,16-17,19H,2,10H2,1H3. The third kappa shape index (κ3) is 2.54. The van der Waals surface area contributed by atoms with Gasteiger partial charge in [-0.25, -0.2) is 4.39 Å².